The van der Waals surface area contributed by atoms with Gasteiger partial charge in [-0.15, -0.1) is 0 Å². The number of hydrogen-bond donors (Lipinski definition) is 1. The number of benzene rings is 1. The molecule has 1 fully saturated rings. The summed E-state index contributed by atoms with van der Waals surface area (Å²) in [5.41, 5.74) is 3.13. The Morgan fingerprint density at radius 2 is 1.92 bits per heavy atom. The van der Waals surface area contributed by atoms with Crippen molar-refractivity contribution in [1.82, 2.24) is 9.88 Å². The number of ketones is 1. The highest BCUT2D eigenvalue weighted by Crippen LogP contribution is 2.30. The maximum atomic E-state index is 12.7. The summed E-state index contributed by atoms with van der Waals surface area (Å²) < 4.78 is 5.48. The number of hydrogen-bond acceptors (Lipinski definition) is 4. The van der Waals surface area contributed by atoms with Gasteiger partial charge >= 0.3 is 0 Å². The first-order valence-electron chi connectivity index (χ1n) is 8.60. The van der Waals surface area contributed by atoms with Crippen molar-refractivity contribution in [2.45, 2.75) is 18.9 Å². The lowest BCUT2D eigenvalue weighted by Crippen LogP contribution is -2.53. The minimum Gasteiger partial charge on any atom is -0.495 e. The van der Waals surface area contributed by atoms with Crippen molar-refractivity contribution in [3.8, 4) is 5.75 Å². The monoisotopic (exact) mass is 325 g/mol. The van der Waals surface area contributed by atoms with E-state index in [0.717, 1.165) is 61.7 Å². The molecule has 0 spiro atoms. The van der Waals surface area contributed by atoms with E-state index < -0.39 is 0 Å². The number of carbonyl (C=O) groups excluding carboxylic acids is 1. The Morgan fingerprint density at radius 1 is 1.12 bits per heavy atom. The fourth-order valence-electron chi connectivity index (χ4n) is 3.95. The van der Waals surface area contributed by atoms with Gasteiger partial charge in [0.1, 0.15) is 5.75 Å². The van der Waals surface area contributed by atoms with Gasteiger partial charge in [-0.05, 0) is 31.0 Å². The number of ether oxygens (including phenoxy) is 1. The number of carbonyl (C=O) groups is 1. The number of anilines is 1. The molecular weight excluding hydrogens is 302 g/mol. The molecule has 1 aliphatic heterocycles. The van der Waals surface area contributed by atoms with Crippen LogP contribution in [-0.4, -0.2) is 55.0 Å². The number of aromatic nitrogens is 1. The number of methoxy groups -OCH3 is 1. The zero-order valence-corrected chi connectivity index (χ0v) is 14.0. The summed E-state index contributed by atoms with van der Waals surface area (Å²) in [4.78, 5) is 20.6. The van der Waals surface area contributed by atoms with E-state index in [2.05, 4.69) is 20.9 Å². The molecule has 2 aromatic rings. The van der Waals surface area contributed by atoms with Crippen molar-refractivity contribution in [3.05, 3.63) is 47.8 Å². The van der Waals surface area contributed by atoms with Crippen LogP contribution in [0.5, 0.6) is 5.75 Å². The predicted octanol–water partition coefficient (Wildman–Crippen LogP) is 2.34. The lowest BCUT2D eigenvalue weighted by Gasteiger charge is -2.40. The molecule has 1 saturated heterocycles. The van der Waals surface area contributed by atoms with Crippen molar-refractivity contribution in [1.29, 1.82) is 0 Å². The smallest absolute Gasteiger partial charge is 0.181 e. The van der Waals surface area contributed by atoms with Crippen molar-refractivity contribution in [2.75, 3.05) is 38.2 Å². The van der Waals surface area contributed by atoms with Crippen LogP contribution in [0.2, 0.25) is 0 Å². The van der Waals surface area contributed by atoms with Gasteiger partial charge in [0.2, 0.25) is 0 Å². The highest BCUT2D eigenvalue weighted by atomic mass is 16.5. The first-order chi connectivity index (χ1) is 11.8. The van der Waals surface area contributed by atoms with E-state index in [1.807, 2.05) is 30.5 Å². The molecule has 1 N–H and O–H groups in total. The van der Waals surface area contributed by atoms with Crippen molar-refractivity contribution >= 4 is 11.5 Å². The van der Waals surface area contributed by atoms with E-state index in [-0.39, 0.29) is 11.8 Å². The van der Waals surface area contributed by atoms with E-state index >= 15 is 0 Å². The van der Waals surface area contributed by atoms with Crippen LogP contribution in [-0.2, 0) is 6.42 Å². The second-order valence-corrected chi connectivity index (χ2v) is 6.48. The molecule has 24 heavy (non-hydrogen) atoms. The Labute approximate surface area is 142 Å². The van der Waals surface area contributed by atoms with Crippen LogP contribution in [0.3, 0.4) is 0 Å². The van der Waals surface area contributed by atoms with Gasteiger partial charge in [0.25, 0.3) is 0 Å². The van der Waals surface area contributed by atoms with Gasteiger partial charge in [0, 0.05) is 43.6 Å². The normalized spacial score (nSPS) is 21.6. The molecular formula is C19H23N3O2. The molecule has 0 unspecified atom stereocenters. The second kappa shape index (κ2) is 6.32. The maximum Gasteiger partial charge on any atom is 0.181 e. The van der Waals surface area contributed by atoms with E-state index in [4.69, 9.17) is 4.74 Å². The Kier molecular flexibility index (Phi) is 4.02. The zero-order chi connectivity index (χ0) is 16.5. The maximum absolute atomic E-state index is 12.7. The summed E-state index contributed by atoms with van der Waals surface area (Å²) in [7, 11) is 1.71. The number of nitrogens with zero attached hydrogens (tertiary/aromatic N) is 2. The van der Waals surface area contributed by atoms with Crippen LogP contribution in [0, 0.1) is 0 Å². The summed E-state index contributed by atoms with van der Waals surface area (Å²) in [6, 6.07) is 10.1. The molecule has 1 aromatic heterocycles. The number of aromatic amines is 1. The zero-order valence-electron chi connectivity index (χ0n) is 14.0. The average Bonchev–Trinajstić information content (AvgIpc) is 3.12. The van der Waals surface area contributed by atoms with Gasteiger partial charge in [-0.1, -0.05) is 12.1 Å². The highest BCUT2D eigenvalue weighted by Gasteiger charge is 2.34. The predicted molar refractivity (Wildman–Crippen MR) is 94.0 cm³/mol. The van der Waals surface area contributed by atoms with Gasteiger partial charge in [-0.25, -0.2) is 0 Å². The highest BCUT2D eigenvalue weighted by molar-refractivity contribution is 6.02. The number of nitrogens with one attached hydrogen (secondary N) is 1. The van der Waals surface area contributed by atoms with E-state index in [1.54, 1.807) is 7.11 Å². The quantitative estimate of drug-likeness (QED) is 0.941. The topological polar surface area (TPSA) is 48.6 Å². The molecule has 0 bridgehead atoms. The fraction of sp³-hybridized carbons (Fsp3) is 0.421. The molecule has 0 saturated carbocycles. The fourth-order valence-corrected chi connectivity index (χ4v) is 3.95. The van der Waals surface area contributed by atoms with Gasteiger partial charge in [-0.3, -0.25) is 9.69 Å². The van der Waals surface area contributed by atoms with Gasteiger partial charge < -0.3 is 14.6 Å². The van der Waals surface area contributed by atoms with E-state index in [1.165, 1.54) is 0 Å². The Hall–Kier alpha value is -2.27. The Morgan fingerprint density at radius 3 is 2.71 bits per heavy atom. The first kappa shape index (κ1) is 15.3. The minimum absolute atomic E-state index is 0.0353. The molecule has 0 radical (unpaired) electrons. The number of Topliss-reactive ketones (excluding diaryl/α,β-unsaturated/α-hetero) is 1. The Balaban J connectivity index is 1.44. The van der Waals surface area contributed by atoms with Crippen LogP contribution in [0.15, 0.2) is 36.5 Å². The van der Waals surface area contributed by atoms with E-state index in [0.29, 0.717) is 0 Å². The number of rotatable bonds is 3. The summed E-state index contributed by atoms with van der Waals surface area (Å²) in [5.74, 6) is 1.19. The van der Waals surface area contributed by atoms with Crippen LogP contribution in [0.4, 0.5) is 5.69 Å². The van der Waals surface area contributed by atoms with Gasteiger partial charge in [-0.2, -0.15) is 0 Å². The van der Waals surface area contributed by atoms with Crippen molar-refractivity contribution in [3.63, 3.8) is 0 Å². The first-order valence-corrected chi connectivity index (χ1v) is 8.60. The number of piperazine rings is 1. The number of aryl methyl sites for hydroxylation is 1. The van der Waals surface area contributed by atoms with Crippen LogP contribution in [0.1, 0.15) is 22.5 Å². The Bertz CT molecular complexity index is 732. The lowest BCUT2D eigenvalue weighted by atomic mass is 9.90. The average molecular weight is 325 g/mol. The molecule has 2 heterocycles. The largest absolute Gasteiger partial charge is 0.495 e. The third kappa shape index (κ3) is 2.59. The molecule has 4 rings (SSSR count). The summed E-state index contributed by atoms with van der Waals surface area (Å²) in [5, 5.41) is 0. The summed E-state index contributed by atoms with van der Waals surface area (Å²) in [6.07, 6.45) is 3.76. The third-order valence-corrected chi connectivity index (χ3v) is 5.25. The van der Waals surface area contributed by atoms with E-state index in [9.17, 15) is 4.79 Å². The number of para-hydroxylation sites is 2. The molecule has 126 valence electrons. The second-order valence-electron chi connectivity index (χ2n) is 6.48. The molecule has 1 aliphatic carbocycles. The number of fused-ring (bicyclic) bond motifs is 1. The standard InChI is InChI=1S/C19H23N3O2/c1-24-18-5-3-2-4-16(18)21-10-12-22(13-11-21)17-7-6-15-14(19(17)23)8-9-20-15/h2-5,8-9,17,20H,6-7,10-13H2,1H3/t17-/m1/s1. The van der Waals surface area contributed by atoms with Crippen LogP contribution < -0.4 is 9.64 Å². The molecule has 2 aliphatic rings. The molecule has 5 nitrogen and oxygen atoms in total. The van der Waals surface area contributed by atoms with Crippen LogP contribution >= 0.6 is 0 Å². The lowest BCUT2D eigenvalue weighted by molar-refractivity contribution is 0.0777. The SMILES string of the molecule is COc1ccccc1N1CCN([C@@H]2CCc3[nH]ccc3C2=O)CC1. The third-order valence-electron chi connectivity index (χ3n) is 5.25. The summed E-state index contributed by atoms with van der Waals surface area (Å²) in [6.45, 7) is 3.66. The van der Waals surface area contributed by atoms with Crippen molar-refractivity contribution < 1.29 is 9.53 Å². The molecule has 1 aromatic carbocycles. The minimum atomic E-state index is 0.0353. The van der Waals surface area contributed by atoms with Gasteiger partial charge in [0.15, 0.2) is 5.78 Å². The van der Waals surface area contributed by atoms with Crippen molar-refractivity contribution in [2.24, 2.45) is 0 Å². The molecule has 5 heteroatoms. The molecule has 1 atom stereocenters. The summed E-state index contributed by atoms with van der Waals surface area (Å²) >= 11 is 0. The molecule has 0 amide bonds. The van der Waals surface area contributed by atoms with Gasteiger partial charge in [0.05, 0.1) is 18.8 Å². The van der Waals surface area contributed by atoms with Crippen LogP contribution in [0.25, 0.3) is 0 Å². The number of H-pyrrole nitrogens is 1.